The van der Waals surface area contributed by atoms with E-state index in [1.807, 2.05) is 25.5 Å². The van der Waals surface area contributed by atoms with Gasteiger partial charge in [0, 0.05) is 24.7 Å². The molecule has 0 fully saturated rings. The molecule has 0 aliphatic heterocycles. The number of nitrogens with zero attached hydrogens (tertiary/aromatic N) is 3. The number of aromatic nitrogens is 3. The molecule has 0 unspecified atom stereocenters. The Hall–Kier alpha value is -1.95. The van der Waals surface area contributed by atoms with Gasteiger partial charge in [-0.05, 0) is 19.9 Å². The number of halogens is 1. The number of aryl methyl sites for hydroxylation is 1. The third-order valence-electron chi connectivity index (χ3n) is 3.01. The van der Waals surface area contributed by atoms with E-state index < -0.39 is 0 Å². The number of hydrogen-bond donors (Lipinski definition) is 1. The second-order valence-corrected chi connectivity index (χ2v) is 4.48. The van der Waals surface area contributed by atoms with Gasteiger partial charge in [-0.25, -0.2) is 4.39 Å². The zero-order valence-electron chi connectivity index (χ0n) is 11.2. The van der Waals surface area contributed by atoms with Crippen LogP contribution in [-0.4, -0.2) is 14.8 Å². The summed E-state index contributed by atoms with van der Waals surface area (Å²) in [5, 5.41) is 7.93. The summed E-state index contributed by atoms with van der Waals surface area (Å²) in [7, 11) is 1.85. The number of rotatable bonds is 4. The first-order chi connectivity index (χ1) is 8.99. The third-order valence-corrected chi connectivity index (χ3v) is 3.01. The quantitative estimate of drug-likeness (QED) is 0.915. The van der Waals surface area contributed by atoms with Gasteiger partial charge in [0.25, 0.3) is 0 Å². The molecule has 1 aromatic heterocycles. The van der Waals surface area contributed by atoms with Crippen LogP contribution < -0.4 is 10.5 Å². The molecule has 0 aliphatic carbocycles. The summed E-state index contributed by atoms with van der Waals surface area (Å²) < 4.78 is 20.7. The van der Waals surface area contributed by atoms with E-state index in [9.17, 15) is 4.39 Å². The fourth-order valence-electron chi connectivity index (χ4n) is 1.73. The van der Waals surface area contributed by atoms with Crippen LogP contribution in [0.5, 0.6) is 5.75 Å². The van der Waals surface area contributed by atoms with Gasteiger partial charge in [0.2, 0.25) is 0 Å². The monoisotopic (exact) mass is 264 g/mol. The lowest BCUT2D eigenvalue weighted by molar-refractivity contribution is 0.285. The van der Waals surface area contributed by atoms with Crippen molar-refractivity contribution in [2.75, 3.05) is 0 Å². The maximum Gasteiger partial charge on any atom is 0.170 e. The maximum atomic E-state index is 13.3. The smallest absolute Gasteiger partial charge is 0.170 e. The van der Waals surface area contributed by atoms with Crippen LogP contribution in [0.2, 0.25) is 0 Å². The van der Waals surface area contributed by atoms with Crippen molar-refractivity contribution in [1.82, 2.24) is 14.8 Å². The largest absolute Gasteiger partial charge is 0.485 e. The Morgan fingerprint density at radius 2 is 2.16 bits per heavy atom. The molecule has 0 radical (unpaired) electrons. The molecular weight excluding hydrogens is 247 g/mol. The molecule has 1 atom stereocenters. The maximum absolute atomic E-state index is 13.3. The van der Waals surface area contributed by atoms with Gasteiger partial charge in [-0.3, -0.25) is 0 Å². The van der Waals surface area contributed by atoms with E-state index in [0.717, 1.165) is 11.4 Å². The van der Waals surface area contributed by atoms with Gasteiger partial charge in [0.05, 0.1) is 0 Å². The fourth-order valence-corrected chi connectivity index (χ4v) is 1.73. The van der Waals surface area contributed by atoms with Crippen LogP contribution in [0.3, 0.4) is 0 Å². The normalized spacial score (nSPS) is 12.5. The Morgan fingerprint density at radius 1 is 1.42 bits per heavy atom. The molecule has 19 heavy (non-hydrogen) atoms. The van der Waals surface area contributed by atoms with Crippen molar-refractivity contribution in [3.8, 4) is 5.75 Å². The van der Waals surface area contributed by atoms with Gasteiger partial charge in [-0.1, -0.05) is 6.07 Å². The standard InChI is InChI=1S/C13H17FN4O/c1-8(15)11-5-4-10(14)6-12(11)19-7-13-17-16-9(2)18(13)3/h4-6,8H,7,15H2,1-3H3/t8-/m0/s1. The molecule has 1 heterocycles. The third kappa shape index (κ3) is 2.90. The van der Waals surface area contributed by atoms with Gasteiger partial charge in [-0.2, -0.15) is 0 Å². The van der Waals surface area contributed by atoms with Gasteiger partial charge in [0.15, 0.2) is 5.82 Å². The van der Waals surface area contributed by atoms with Gasteiger partial charge < -0.3 is 15.0 Å². The van der Waals surface area contributed by atoms with Gasteiger partial charge in [-0.15, -0.1) is 10.2 Å². The number of hydrogen-bond acceptors (Lipinski definition) is 4. The van der Waals surface area contributed by atoms with Gasteiger partial charge >= 0.3 is 0 Å². The van der Waals surface area contributed by atoms with Crippen LogP contribution in [0.15, 0.2) is 18.2 Å². The molecule has 0 saturated heterocycles. The van der Waals surface area contributed by atoms with Crippen LogP contribution in [-0.2, 0) is 13.7 Å². The molecule has 2 N–H and O–H groups in total. The van der Waals surface area contributed by atoms with Crippen molar-refractivity contribution < 1.29 is 9.13 Å². The van der Waals surface area contributed by atoms with Gasteiger partial charge in [0.1, 0.15) is 24.0 Å². The van der Waals surface area contributed by atoms with Crippen molar-refractivity contribution in [3.63, 3.8) is 0 Å². The van der Waals surface area contributed by atoms with Crippen molar-refractivity contribution in [3.05, 3.63) is 41.2 Å². The number of ether oxygens (including phenoxy) is 1. The zero-order valence-corrected chi connectivity index (χ0v) is 11.2. The Labute approximate surface area is 111 Å². The number of benzene rings is 1. The van der Waals surface area contributed by atoms with E-state index in [1.54, 1.807) is 6.07 Å². The highest BCUT2D eigenvalue weighted by Gasteiger charge is 2.11. The van der Waals surface area contributed by atoms with Crippen LogP contribution in [0.1, 0.15) is 30.2 Å². The molecule has 2 rings (SSSR count). The second kappa shape index (κ2) is 5.36. The summed E-state index contributed by atoms with van der Waals surface area (Å²) in [5.74, 6) is 1.56. The first-order valence-corrected chi connectivity index (χ1v) is 6.01. The van der Waals surface area contributed by atoms with E-state index in [4.69, 9.17) is 10.5 Å². The molecule has 6 heteroatoms. The van der Waals surface area contributed by atoms with E-state index in [2.05, 4.69) is 10.2 Å². The van der Waals surface area contributed by atoms with Crippen molar-refractivity contribution >= 4 is 0 Å². The molecule has 0 bridgehead atoms. The first-order valence-electron chi connectivity index (χ1n) is 6.01. The highest BCUT2D eigenvalue weighted by molar-refractivity contribution is 5.36. The average molecular weight is 264 g/mol. The molecule has 0 aliphatic rings. The Kier molecular flexibility index (Phi) is 3.80. The zero-order chi connectivity index (χ0) is 14.0. The molecule has 2 aromatic rings. The topological polar surface area (TPSA) is 66.0 Å². The lowest BCUT2D eigenvalue weighted by Crippen LogP contribution is -2.10. The summed E-state index contributed by atoms with van der Waals surface area (Å²) in [5.41, 5.74) is 6.60. The van der Waals surface area contributed by atoms with E-state index in [1.165, 1.54) is 12.1 Å². The minimum absolute atomic E-state index is 0.223. The predicted molar refractivity (Wildman–Crippen MR) is 69.1 cm³/mol. The highest BCUT2D eigenvalue weighted by atomic mass is 19.1. The Bertz CT molecular complexity index is 580. The summed E-state index contributed by atoms with van der Waals surface area (Å²) in [6, 6.07) is 4.12. The average Bonchev–Trinajstić information content (AvgIpc) is 2.67. The molecular formula is C13H17FN4O. The fraction of sp³-hybridized carbons (Fsp3) is 0.385. The van der Waals surface area contributed by atoms with Crippen molar-refractivity contribution in [2.24, 2.45) is 12.8 Å². The second-order valence-electron chi connectivity index (χ2n) is 4.48. The lowest BCUT2D eigenvalue weighted by atomic mass is 10.1. The summed E-state index contributed by atoms with van der Waals surface area (Å²) in [4.78, 5) is 0. The molecule has 1 aromatic carbocycles. The first kappa shape index (κ1) is 13.5. The van der Waals surface area contributed by atoms with E-state index in [-0.39, 0.29) is 18.5 Å². The lowest BCUT2D eigenvalue weighted by Gasteiger charge is -2.13. The number of nitrogens with two attached hydrogens (primary N) is 1. The SMILES string of the molecule is Cc1nnc(COc2cc(F)ccc2[C@H](C)N)n1C. The minimum Gasteiger partial charge on any atom is -0.485 e. The molecule has 5 nitrogen and oxygen atoms in total. The molecule has 0 spiro atoms. The Morgan fingerprint density at radius 3 is 2.74 bits per heavy atom. The molecule has 102 valence electrons. The van der Waals surface area contributed by atoms with Crippen LogP contribution in [0.4, 0.5) is 4.39 Å². The van der Waals surface area contributed by atoms with Crippen LogP contribution in [0.25, 0.3) is 0 Å². The van der Waals surface area contributed by atoms with Crippen LogP contribution >= 0.6 is 0 Å². The summed E-state index contributed by atoms with van der Waals surface area (Å²) in [6.45, 7) is 3.90. The van der Waals surface area contributed by atoms with Crippen LogP contribution in [0, 0.1) is 12.7 Å². The molecule has 0 saturated carbocycles. The van der Waals surface area contributed by atoms with E-state index in [0.29, 0.717) is 11.6 Å². The Balaban J connectivity index is 2.19. The summed E-state index contributed by atoms with van der Waals surface area (Å²) in [6.07, 6.45) is 0. The van der Waals surface area contributed by atoms with Crippen molar-refractivity contribution in [2.45, 2.75) is 26.5 Å². The summed E-state index contributed by atoms with van der Waals surface area (Å²) >= 11 is 0. The van der Waals surface area contributed by atoms with E-state index >= 15 is 0 Å². The van der Waals surface area contributed by atoms with Crippen molar-refractivity contribution in [1.29, 1.82) is 0 Å². The minimum atomic E-state index is -0.353. The molecule has 0 amide bonds. The highest BCUT2D eigenvalue weighted by Crippen LogP contribution is 2.25. The predicted octanol–water partition coefficient (Wildman–Crippen LogP) is 1.86.